The number of allylic oxidation sites excluding steroid dienone is 2. The van der Waals surface area contributed by atoms with Crippen molar-refractivity contribution in [1.82, 2.24) is 19.9 Å². The summed E-state index contributed by atoms with van der Waals surface area (Å²) in [6.45, 7) is 5.18. The zero-order chi connectivity index (χ0) is 37.7. The first-order valence-electron chi connectivity index (χ1n) is 19.0. The largest absolute Gasteiger partial charge is 0.472 e. The summed E-state index contributed by atoms with van der Waals surface area (Å²) < 4.78 is 55.0. The van der Waals surface area contributed by atoms with E-state index in [1.54, 1.807) is 26.8 Å². The number of carbonyl (C=O) groups is 4. The van der Waals surface area contributed by atoms with Gasteiger partial charge in [-0.25, -0.2) is 22.6 Å². The maximum atomic E-state index is 15.0. The van der Waals surface area contributed by atoms with Crippen LogP contribution in [0.25, 0.3) is 10.9 Å². The van der Waals surface area contributed by atoms with E-state index in [0.717, 1.165) is 42.2 Å². The van der Waals surface area contributed by atoms with Gasteiger partial charge in [0.25, 0.3) is 0 Å². The van der Waals surface area contributed by atoms with Crippen LogP contribution in [0, 0.1) is 17.2 Å². The number of rotatable bonds is 6. The molecule has 5 atom stereocenters. The summed E-state index contributed by atoms with van der Waals surface area (Å²) in [6.07, 6.45) is 9.04. The highest BCUT2D eigenvalue weighted by Crippen LogP contribution is 2.57. The second kappa shape index (κ2) is 14.3. The van der Waals surface area contributed by atoms with Crippen molar-refractivity contribution in [3.63, 3.8) is 0 Å². The maximum Gasteiger partial charge on any atom is 0.408 e. The number of ether oxygens (including phenoxy) is 2. The van der Waals surface area contributed by atoms with E-state index in [9.17, 15) is 27.6 Å². The number of nitrogens with one attached hydrogen (secondary N) is 2. The van der Waals surface area contributed by atoms with Gasteiger partial charge in [-0.15, -0.1) is 0 Å². The fraction of sp³-hybridized carbons (Fsp3) is 0.615. The third-order valence-electron chi connectivity index (χ3n) is 11.2. The monoisotopic (exact) mass is 752 g/mol. The van der Waals surface area contributed by atoms with Gasteiger partial charge in [-0.05, 0) is 96.1 Å². The fourth-order valence-corrected chi connectivity index (χ4v) is 9.60. The number of halogens is 1. The SMILES string of the molecule is CC(C)(C)OC(=O)N[C@H]1CCCCC/C=C\[C@@H]2C[C@@]2(C(=O)NS(=O)(=O)C2CC2)CC(=O)[C@@H]2C[C@@H](Oc3nc4c(F)cccc4c4c3CCC4)CN2C1=O. The molecular weight excluding hydrogens is 704 g/mol. The van der Waals surface area contributed by atoms with Crippen LogP contribution < -0.4 is 14.8 Å². The first kappa shape index (κ1) is 37.3. The minimum absolute atomic E-state index is 0.00785. The number of carbonyl (C=O) groups excluding carboxylic acids is 4. The molecule has 2 aliphatic heterocycles. The van der Waals surface area contributed by atoms with Crippen LogP contribution in [0.15, 0.2) is 30.4 Å². The Morgan fingerprint density at radius 3 is 2.57 bits per heavy atom. The number of fused-ring (bicyclic) bond motifs is 5. The highest BCUT2D eigenvalue weighted by atomic mass is 32.2. The number of alkyl carbamates (subject to hydrolysis) is 1. The van der Waals surface area contributed by atoms with Gasteiger partial charge in [0.1, 0.15) is 29.1 Å². The summed E-state index contributed by atoms with van der Waals surface area (Å²) in [5.41, 5.74) is -0.00959. The van der Waals surface area contributed by atoms with E-state index >= 15 is 4.39 Å². The highest BCUT2D eigenvalue weighted by molar-refractivity contribution is 7.90. The number of pyridine rings is 1. The first-order valence-corrected chi connectivity index (χ1v) is 20.5. The van der Waals surface area contributed by atoms with Gasteiger partial charge in [-0.2, -0.15) is 0 Å². The lowest BCUT2D eigenvalue weighted by molar-refractivity contribution is -0.140. The third kappa shape index (κ3) is 7.93. The Morgan fingerprint density at radius 2 is 1.81 bits per heavy atom. The van der Waals surface area contributed by atoms with Gasteiger partial charge in [0.15, 0.2) is 5.78 Å². The molecule has 1 saturated heterocycles. The van der Waals surface area contributed by atoms with Crippen molar-refractivity contribution in [3.05, 3.63) is 47.3 Å². The van der Waals surface area contributed by atoms with Crippen molar-refractivity contribution in [2.45, 2.75) is 133 Å². The second-order valence-corrected chi connectivity index (χ2v) is 18.4. The van der Waals surface area contributed by atoms with E-state index in [1.807, 2.05) is 18.2 Å². The van der Waals surface area contributed by atoms with Crippen LogP contribution in [0.4, 0.5) is 9.18 Å². The number of amides is 3. The molecule has 2 N–H and O–H groups in total. The Balaban J connectivity index is 1.20. The fourth-order valence-electron chi connectivity index (χ4n) is 8.21. The molecule has 12 nitrogen and oxygen atoms in total. The summed E-state index contributed by atoms with van der Waals surface area (Å²) in [7, 11) is -3.86. The van der Waals surface area contributed by atoms with Gasteiger partial charge in [0.2, 0.25) is 27.7 Å². The molecule has 1 aromatic carbocycles. The number of para-hydroxylation sites is 1. The van der Waals surface area contributed by atoms with Crippen LogP contribution >= 0.6 is 0 Å². The van der Waals surface area contributed by atoms with Crippen LogP contribution in [-0.4, -0.2) is 77.6 Å². The molecular formula is C39H49FN4O8S. The molecule has 1 aromatic heterocycles. The van der Waals surface area contributed by atoms with Gasteiger partial charge in [-0.1, -0.05) is 37.1 Å². The molecule has 0 spiro atoms. The number of Topliss-reactive ketones (excluding diaryl/α,β-unsaturated/α-hetero) is 1. The molecule has 0 radical (unpaired) electrons. The molecule has 3 aliphatic carbocycles. The Morgan fingerprint density at radius 1 is 1.04 bits per heavy atom. The molecule has 286 valence electrons. The van der Waals surface area contributed by atoms with Gasteiger partial charge in [0.05, 0.1) is 23.3 Å². The van der Waals surface area contributed by atoms with Crippen LogP contribution in [0.1, 0.15) is 103 Å². The molecule has 0 bridgehead atoms. The highest BCUT2D eigenvalue weighted by Gasteiger charge is 2.61. The molecule has 3 amide bonds. The van der Waals surface area contributed by atoms with E-state index in [0.29, 0.717) is 44.9 Å². The number of nitrogens with zero attached hydrogens (tertiary/aromatic N) is 2. The summed E-state index contributed by atoms with van der Waals surface area (Å²) in [5, 5.41) is 2.88. The molecule has 53 heavy (non-hydrogen) atoms. The quantitative estimate of drug-likeness (QED) is 0.378. The molecule has 5 aliphatic rings. The van der Waals surface area contributed by atoms with Crippen molar-refractivity contribution in [2.75, 3.05) is 6.54 Å². The van der Waals surface area contributed by atoms with Crippen molar-refractivity contribution in [2.24, 2.45) is 11.3 Å². The number of sulfonamides is 1. The Hall–Kier alpha value is -4.07. The number of ketones is 1. The van der Waals surface area contributed by atoms with Crippen LogP contribution in [0.2, 0.25) is 0 Å². The lowest BCUT2D eigenvalue weighted by atomic mass is 9.91. The average Bonchev–Trinajstić information content (AvgIpc) is 3.96. The van der Waals surface area contributed by atoms with E-state index in [2.05, 4.69) is 15.0 Å². The van der Waals surface area contributed by atoms with Crippen molar-refractivity contribution in [1.29, 1.82) is 0 Å². The van der Waals surface area contributed by atoms with Crippen molar-refractivity contribution < 1.29 is 41.5 Å². The molecule has 3 fully saturated rings. The van der Waals surface area contributed by atoms with Gasteiger partial charge in [-0.3, -0.25) is 19.1 Å². The van der Waals surface area contributed by atoms with Gasteiger partial charge in [0, 0.05) is 23.8 Å². The number of hydrogen-bond acceptors (Lipinski definition) is 9. The summed E-state index contributed by atoms with van der Waals surface area (Å²) in [5.74, 6) is -2.08. The molecule has 2 aromatic rings. The predicted octanol–water partition coefficient (Wildman–Crippen LogP) is 5.20. The van der Waals surface area contributed by atoms with Crippen LogP contribution in [0.3, 0.4) is 0 Å². The van der Waals surface area contributed by atoms with E-state index in [-0.39, 0.29) is 36.7 Å². The van der Waals surface area contributed by atoms with E-state index in [1.165, 1.54) is 11.0 Å². The minimum Gasteiger partial charge on any atom is -0.472 e. The molecule has 14 heteroatoms. The first-order chi connectivity index (χ1) is 25.1. The number of hydrogen-bond donors (Lipinski definition) is 2. The normalized spacial score (nSPS) is 28.6. The topological polar surface area (TPSA) is 161 Å². The smallest absolute Gasteiger partial charge is 0.408 e. The minimum atomic E-state index is -3.86. The summed E-state index contributed by atoms with van der Waals surface area (Å²) in [6, 6.07) is 2.84. The number of benzene rings is 1. The Labute approximate surface area is 309 Å². The Bertz CT molecular complexity index is 1960. The van der Waals surface area contributed by atoms with E-state index in [4.69, 9.17) is 9.47 Å². The number of aromatic nitrogens is 1. The molecule has 2 saturated carbocycles. The summed E-state index contributed by atoms with van der Waals surface area (Å²) in [4.78, 5) is 61.8. The molecule has 0 unspecified atom stereocenters. The second-order valence-electron chi connectivity index (χ2n) is 16.4. The maximum absolute atomic E-state index is 15.0. The standard InChI is InChI=1S/C39H49FN4O8S/c1-38(2,3)52-37(48)41-30-16-8-6-4-5-7-11-23-20-39(23,36(47)43-53(49,50)25-17-18-25)21-32(45)31-19-24(22-44(31)35(30)46)51-34-28-14-9-12-26(28)27-13-10-15-29(40)33(27)42-34/h7,10-11,13,15,23-25,30-31H,4-6,8-9,12,14,16-22H2,1-3H3,(H,41,48)(H,43,47)/b11-7-/t23-,24-,30+,31+,39-/m1/s1. The lowest BCUT2D eigenvalue weighted by Gasteiger charge is -2.30. The third-order valence-corrected chi connectivity index (χ3v) is 13.0. The molecule has 3 heterocycles. The van der Waals surface area contributed by atoms with Crippen molar-refractivity contribution >= 4 is 44.6 Å². The zero-order valence-electron chi connectivity index (χ0n) is 30.6. The van der Waals surface area contributed by atoms with Gasteiger partial charge < -0.3 is 19.7 Å². The van der Waals surface area contributed by atoms with Crippen LogP contribution in [0.5, 0.6) is 5.88 Å². The zero-order valence-corrected chi connectivity index (χ0v) is 31.4. The average molecular weight is 753 g/mol. The molecule has 7 rings (SSSR count). The predicted molar refractivity (Wildman–Crippen MR) is 194 cm³/mol. The van der Waals surface area contributed by atoms with Gasteiger partial charge >= 0.3 is 6.09 Å². The number of aryl methyl sites for hydroxylation is 1. The van der Waals surface area contributed by atoms with E-state index < -0.39 is 74.0 Å². The van der Waals surface area contributed by atoms with Crippen LogP contribution in [-0.2, 0) is 42.0 Å². The van der Waals surface area contributed by atoms with Crippen molar-refractivity contribution in [3.8, 4) is 5.88 Å². The Kier molecular flexibility index (Phi) is 10.0. The summed E-state index contributed by atoms with van der Waals surface area (Å²) >= 11 is 0. The lowest BCUT2D eigenvalue weighted by Crippen LogP contribution is -2.53.